The number of anilines is 1. The van der Waals surface area contributed by atoms with Crippen LogP contribution in [0.2, 0.25) is 5.02 Å². The van der Waals surface area contributed by atoms with E-state index in [-0.39, 0.29) is 5.91 Å². The number of hydrogen-bond donors (Lipinski definition) is 1. The third kappa shape index (κ3) is 4.64. The fourth-order valence-corrected chi connectivity index (χ4v) is 4.15. The molecule has 0 unspecified atom stereocenters. The lowest BCUT2D eigenvalue weighted by molar-refractivity contribution is 0.102. The molecule has 2 aromatic carbocycles. The molecule has 0 spiro atoms. The molecule has 6 heteroatoms. The van der Waals surface area contributed by atoms with Crippen LogP contribution in [0.1, 0.15) is 28.9 Å². The van der Waals surface area contributed by atoms with Gasteiger partial charge in [-0.05, 0) is 74.5 Å². The number of hydrogen-bond acceptors (Lipinski definition) is 4. The second-order valence-electron chi connectivity index (χ2n) is 8.09. The van der Waals surface area contributed by atoms with Crippen molar-refractivity contribution in [2.75, 3.05) is 18.4 Å². The second-order valence-corrected chi connectivity index (χ2v) is 8.52. The van der Waals surface area contributed by atoms with Gasteiger partial charge in [-0.1, -0.05) is 29.8 Å². The molecule has 3 heterocycles. The summed E-state index contributed by atoms with van der Waals surface area (Å²) in [7, 11) is 0. The lowest BCUT2D eigenvalue weighted by Gasteiger charge is -2.14. The van der Waals surface area contributed by atoms with Crippen LogP contribution in [0.25, 0.3) is 22.2 Å². The molecule has 5 nitrogen and oxygen atoms in total. The number of nitrogens with zero attached hydrogens (tertiary/aromatic N) is 3. The molecular formula is C26H23ClN4O. The number of aromatic nitrogens is 2. The van der Waals surface area contributed by atoms with E-state index in [9.17, 15) is 4.79 Å². The number of nitrogens with one attached hydrogen (secondary N) is 1. The molecule has 1 N–H and O–H groups in total. The molecule has 1 amide bonds. The van der Waals surface area contributed by atoms with Gasteiger partial charge >= 0.3 is 0 Å². The molecule has 0 aliphatic carbocycles. The molecule has 1 aliphatic heterocycles. The summed E-state index contributed by atoms with van der Waals surface area (Å²) in [4.78, 5) is 24.4. The van der Waals surface area contributed by atoms with Gasteiger partial charge in [0, 0.05) is 34.4 Å². The molecular weight excluding hydrogens is 420 g/mol. The zero-order chi connectivity index (χ0) is 21.9. The Labute approximate surface area is 192 Å². The minimum absolute atomic E-state index is 0.196. The van der Waals surface area contributed by atoms with Crippen molar-refractivity contribution < 1.29 is 4.79 Å². The molecule has 4 aromatic rings. The van der Waals surface area contributed by atoms with E-state index in [4.69, 9.17) is 16.6 Å². The van der Waals surface area contributed by atoms with E-state index in [0.717, 1.165) is 53.2 Å². The predicted octanol–water partition coefficient (Wildman–Crippen LogP) is 5.80. The first-order chi connectivity index (χ1) is 15.6. The normalized spacial score (nSPS) is 14.0. The number of halogens is 1. The van der Waals surface area contributed by atoms with Gasteiger partial charge in [-0.15, -0.1) is 0 Å². The van der Waals surface area contributed by atoms with Crippen LogP contribution >= 0.6 is 11.6 Å². The first kappa shape index (κ1) is 20.6. The number of benzene rings is 2. The number of likely N-dealkylation sites (tertiary alicyclic amines) is 1. The van der Waals surface area contributed by atoms with Gasteiger partial charge in [0.25, 0.3) is 5.91 Å². The fraction of sp³-hybridized carbons (Fsp3) is 0.192. The summed E-state index contributed by atoms with van der Waals surface area (Å²) < 4.78 is 0. The summed E-state index contributed by atoms with van der Waals surface area (Å²) in [6, 6.07) is 21.0. The van der Waals surface area contributed by atoms with E-state index in [1.165, 1.54) is 12.8 Å². The first-order valence-electron chi connectivity index (χ1n) is 10.8. The summed E-state index contributed by atoms with van der Waals surface area (Å²) in [6.45, 7) is 3.20. The van der Waals surface area contributed by atoms with Crippen LogP contribution in [0, 0.1) is 0 Å². The topological polar surface area (TPSA) is 58.1 Å². The Morgan fingerprint density at radius 3 is 2.53 bits per heavy atom. The smallest absolute Gasteiger partial charge is 0.257 e. The summed E-state index contributed by atoms with van der Waals surface area (Å²) in [5, 5.41) is 4.64. The molecule has 0 saturated carbocycles. The van der Waals surface area contributed by atoms with Crippen LogP contribution in [-0.2, 0) is 6.54 Å². The Morgan fingerprint density at radius 2 is 1.78 bits per heavy atom. The lowest BCUT2D eigenvalue weighted by atomic mass is 10.1. The number of carbonyl (C=O) groups excluding carboxylic acids is 1. The maximum atomic E-state index is 12.7. The molecule has 160 valence electrons. The highest BCUT2D eigenvalue weighted by Crippen LogP contribution is 2.22. The van der Waals surface area contributed by atoms with Crippen LogP contribution in [-0.4, -0.2) is 33.9 Å². The van der Waals surface area contributed by atoms with Gasteiger partial charge in [-0.25, -0.2) is 0 Å². The highest BCUT2D eigenvalue weighted by Gasteiger charge is 2.13. The van der Waals surface area contributed by atoms with Crippen molar-refractivity contribution in [1.82, 2.24) is 14.9 Å². The Morgan fingerprint density at radius 1 is 0.969 bits per heavy atom. The third-order valence-corrected chi connectivity index (χ3v) is 6.01. The highest BCUT2D eigenvalue weighted by molar-refractivity contribution is 6.30. The first-order valence-corrected chi connectivity index (χ1v) is 11.2. The molecule has 32 heavy (non-hydrogen) atoms. The van der Waals surface area contributed by atoms with Crippen LogP contribution in [0.5, 0.6) is 0 Å². The van der Waals surface area contributed by atoms with Gasteiger partial charge in [0.05, 0.1) is 22.5 Å². The van der Waals surface area contributed by atoms with Crippen LogP contribution < -0.4 is 5.32 Å². The van der Waals surface area contributed by atoms with Gasteiger partial charge in [0.1, 0.15) is 0 Å². The SMILES string of the molecule is O=C(Nc1ccc2nc(CN3CCCC3)ccc2c1)c1ccc(-c2ccc(Cl)cc2)nc1. The average molecular weight is 443 g/mol. The van der Waals surface area contributed by atoms with Gasteiger partial charge in [-0.3, -0.25) is 19.7 Å². The van der Waals surface area contributed by atoms with Crippen molar-refractivity contribution >= 4 is 34.1 Å². The molecule has 5 rings (SSSR count). The molecule has 0 radical (unpaired) electrons. The quantitative estimate of drug-likeness (QED) is 0.424. The molecule has 0 bridgehead atoms. The van der Waals surface area contributed by atoms with E-state index in [1.54, 1.807) is 12.3 Å². The number of fused-ring (bicyclic) bond motifs is 1. The van der Waals surface area contributed by atoms with Gasteiger partial charge in [0.15, 0.2) is 0 Å². The van der Waals surface area contributed by atoms with E-state index in [2.05, 4.69) is 27.3 Å². The van der Waals surface area contributed by atoms with E-state index >= 15 is 0 Å². The molecule has 1 fully saturated rings. The van der Waals surface area contributed by atoms with Crippen molar-refractivity contribution in [3.8, 4) is 11.3 Å². The van der Waals surface area contributed by atoms with E-state index < -0.39 is 0 Å². The van der Waals surface area contributed by atoms with Crippen molar-refractivity contribution in [3.05, 3.63) is 89.2 Å². The monoisotopic (exact) mass is 442 g/mol. The Kier molecular flexibility index (Phi) is 5.84. The Hall–Kier alpha value is -3.28. The average Bonchev–Trinajstić information content (AvgIpc) is 3.33. The van der Waals surface area contributed by atoms with Crippen molar-refractivity contribution in [2.45, 2.75) is 19.4 Å². The zero-order valence-electron chi connectivity index (χ0n) is 17.6. The minimum Gasteiger partial charge on any atom is -0.322 e. The van der Waals surface area contributed by atoms with Gasteiger partial charge < -0.3 is 5.32 Å². The number of pyridine rings is 2. The molecule has 2 aromatic heterocycles. The van der Waals surface area contributed by atoms with E-state index in [0.29, 0.717) is 10.6 Å². The highest BCUT2D eigenvalue weighted by atomic mass is 35.5. The number of amides is 1. The van der Waals surface area contributed by atoms with Crippen LogP contribution in [0.4, 0.5) is 5.69 Å². The second kappa shape index (κ2) is 9.07. The lowest BCUT2D eigenvalue weighted by Crippen LogP contribution is -2.19. The van der Waals surface area contributed by atoms with Crippen molar-refractivity contribution in [2.24, 2.45) is 0 Å². The molecule has 1 saturated heterocycles. The minimum atomic E-state index is -0.196. The molecule has 0 atom stereocenters. The fourth-order valence-electron chi connectivity index (χ4n) is 4.03. The van der Waals surface area contributed by atoms with Crippen LogP contribution in [0.3, 0.4) is 0 Å². The Balaban J connectivity index is 1.28. The van der Waals surface area contributed by atoms with Gasteiger partial charge in [-0.2, -0.15) is 0 Å². The van der Waals surface area contributed by atoms with Crippen molar-refractivity contribution in [3.63, 3.8) is 0 Å². The molecule has 1 aliphatic rings. The van der Waals surface area contributed by atoms with Gasteiger partial charge in [0.2, 0.25) is 0 Å². The third-order valence-electron chi connectivity index (χ3n) is 5.75. The Bertz CT molecular complexity index is 1250. The largest absolute Gasteiger partial charge is 0.322 e. The zero-order valence-corrected chi connectivity index (χ0v) is 18.3. The standard InChI is InChI=1S/C26H23ClN4O/c27-21-7-3-18(4-8-21)24-11-6-20(16-28-24)26(32)30-22-10-12-25-19(15-22)5-9-23(29-25)17-31-13-1-2-14-31/h3-12,15-16H,1-2,13-14,17H2,(H,30,32). The maximum absolute atomic E-state index is 12.7. The van der Waals surface area contributed by atoms with E-state index in [1.807, 2.05) is 48.5 Å². The summed E-state index contributed by atoms with van der Waals surface area (Å²) in [5.41, 5.74) is 5.00. The number of rotatable bonds is 5. The summed E-state index contributed by atoms with van der Waals surface area (Å²) in [6.07, 6.45) is 4.14. The summed E-state index contributed by atoms with van der Waals surface area (Å²) in [5.74, 6) is -0.196. The number of carbonyl (C=O) groups is 1. The summed E-state index contributed by atoms with van der Waals surface area (Å²) >= 11 is 5.94. The predicted molar refractivity (Wildman–Crippen MR) is 129 cm³/mol. The van der Waals surface area contributed by atoms with Crippen molar-refractivity contribution in [1.29, 1.82) is 0 Å². The maximum Gasteiger partial charge on any atom is 0.257 e. The van der Waals surface area contributed by atoms with Crippen LogP contribution in [0.15, 0.2) is 72.9 Å².